The Bertz CT molecular complexity index is 989. The summed E-state index contributed by atoms with van der Waals surface area (Å²) in [5.41, 5.74) is 3.14. The molecule has 1 unspecified atom stereocenters. The van der Waals surface area contributed by atoms with Gasteiger partial charge in [0.2, 0.25) is 0 Å². The molecule has 0 bridgehead atoms. The maximum Gasteiger partial charge on any atom is 0.410 e. The molecule has 1 heterocycles. The fourth-order valence-corrected chi connectivity index (χ4v) is 4.63. The van der Waals surface area contributed by atoms with Gasteiger partial charge in [0.1, 0.15) is 12.2 Å². The van der Waals surface area contributed by atoms with Gasteiger partial charge >= 0.3 is 12.2 Å². The van der Waals surface area contributed by atoms with E-state index in [2.05, 4.69) is 29.6 Å². The zero-order valence-electron chi connectivity index (χ0n) is 19.4. The van der Waals surface area contributed by atoms with Crippen molar-refractivity contribution in [1.29, 1.82) is 0 Å². The van der Waals surface area contributed by atoms with E-state index in [-0.39, 0.29) is 25.6 Å². The normalized spacial score (nSPS) is 19.7. The van der Waals surface area contributed by atoms with E-state index in [0.29, 0.717) is 13.0 Å². The molecule has 1 saturated heterocycles. The number of hydrogen-bond acceptors (Lipinski definition) is 4. The molecule has 2 amide bonds. The molecule has 2 aromatic rings. The van der Waals surface area contributed by atoms with Gasteiger partial charge in [-0.15, -0.1) is 0 Å². The third-order valence-corrected chi connectivity index (χ3v) is 6.32. The molecule has 0 aromatic heterocycles. The van der Waals surface area contributed by atoms with Crippen LogP contribution < -0.4 is 5.32 Å². The zero-order valence-corrected chi connectivity index (χ0v) is 19.4. The number of ether oxygens (including phenoxy) is 2. The van der Waals surface area contributed by atoms with Gasteiger partial charge in [-0.05, 0) is 49.4 Å². The molecule has 4 rings (SSSR count). The lowest BCUT2D eigenvalue weighted by molar-refractivity contribution is 0.0267. The Kier molecular flexibility index (Phi) is 6.32. The molecule has 1 aliphatic carbocycles. The van der Waals surface area contributed by atoms with Crippen molar-refractivity contribution in [2.24, 2.45) is 5.41 Å². The predicted octanol–water partition coefficient (Wildman–Crippen LogP) is 5.12. The summed E-state index contributed by atoms with van der Waals surface area (Å²) in [4.78, 5) is 26.3. The predicted molar refractivity (Wildman–Crippen MR) is 124 cm³/mol. The van der Waals surface area contributed by atoms with Crippen LogP contribution in [-0.4, -0.2) is 55.6 Å². The van der Waals surface area contributed by atoms with Crippen LogP contribution in [0.25, 0.3) is 11.1 Å². The molecule has 176 valence electrons. The van der Waals surface area contributed by atoms with Gasteiger partial charge in [0.15, 0.2) is 0 Å². The van der Waals surface area contributed by atoms with Crippen LogP contribution in [0, 0.1) is 5.41 Å². The van der Waals surface area contributed by atoms with Crippen LogP contribution in [0.15, 0.2) is 48.5 Å². The smallest absolute Gasteiger partial charge is 0.410 e. The number of carbonyl (C=O) groups excluding carboxylic acids is 2. The number of amides is 2. The summed E-state index contributed by atoms with van der Waals surface area (Å²) in [6.07, 6.45) is -0.591. The molecule has 33 heavy (non-hydrogen) atoms. The van der Waals surface area contributed by atoms with E-state index < -0.39 is 29.9 Å². The first-order chi connectivity index (χ1) is 15.7. The van der Waals surface area contributed by atoms with Crippen molar-refractivity contribution >= 4 is 12.2 Å². The number of hydrogen-bond donors (Lipinski definition) is 1. The lowest BCUT2D eigenvalue weighted by Crippen LogP contribution is -2.43. The van der Waals surface area contributed by atoms with Crippen molar-refractivity contribution in [3.05, 3.63) is 59.7 Å². The third kappa shape index (κ3) is 4.97. The lowest BCUT2D eigenvalue weighted by Gasteiger charge is -2.28. The standard InChI is InChI=1S/C26H31FN2O4/c1-25(2,3)33-24(31)29-13-12-26(15-27,17-29)16-28-23(30)32-14-22-20-10-6-4-8-18(20)19-9-5-7-11-21(19)22/h4-11,22H,12-17H2,1-3H3,(H,28,30). The summed E-state index contributed by atoms with van der Waals surface area (Å²) in [5, 5.41) is 2.72. The van der Waals surface area contributed by atoms with Crippen molar-refractivity contribution in [2.45, 2.75) is 38.7 Å². The Morgan fingerprint density at radius 2 is 1.70 bits per heavy atom. The minimum atomic E-state index is -0.831. The zero-order chi connectivity index (χ0) is 23.6. The Hall–Kier alpha value is -3.09. The van der Waals surface area contributed by atoms with Crippen LogP contribution in [-0.2, 0) is 9.47 Å². The molecule has 0 spiro atoms. The molecule has 0 saturated carbocycles. The fourth-order valence-electron chi connectivity index (χ4n) is 4.63. The van der Waals surface area contributed by atoms with Crippen LogP contribution in [0.1, 0.15) is 44.2 Å². The van der Waals surface area contributed by atoms with Crippen LogP contribution >= 0.6 is 0 Å². The first-order valence-corrected chi connectivity index (χ1v) is 11.3. The quantitative estimate of drug-likeness (QED) is 0.681. The van der Waals surface area contributed by atoms with Crippen LogP contribution in [0.4, 0.5) is 14.0 Å². The fraction of sp³-hybridized carbons (Fsp3) is 0.462. The second kappa shape index (κ2) is 9.04. The summed E-state index contributed by atoms with van der Waals surface area (Å²) in [7, 11) is 0. The monoisotopic (exact) mass is 454 g/mol. The van der Waals surface area contributed by atoms with Crippen molar-refractivity contribution in [3.8, 4) is 11.1 Å². The van der Waals surface area contributed by atoms with Crippen LogP contribution in [0.3, 0.4) is 0 Å². The summed E-state index contributed by atoms with van der Waals surface area (Å²) in [6.45, 7) is 5.63. The second-order valence-electron chi connectivity index (χ2n) is 9.96. The number of carbonyl (C=O) groups is 2. The number of alkyl carbamates (subject to hydrolysis) is 1. The van der Waals surface area contributed by atoms with Gasteiger partial charge in [-0.25, -0.2) is 9.59 Å². The molecule has 2 aromatic carbocycles. The Morgan fingerprint density at radius 1 is 1.09 bits per heavy atom. The minimum Gasteiger partial charge on any atom is -0.449 e. The highest BCUT2D eigenvalue weighted by molar-refractivity contribution is 5.79. The van der Waals surface area contributed by atoms with Crippen molar-refractivity contribution in [1.82, 2.24) is 10.2 Å². The number of alkyl halides is 1. The Balaban J connectivity index is 1.33. The molecule has 2 aliphatic rings. The molecule has 1 atom stereocenters. The van der Waals surface area contributed by atoms with E-state index in [1.807, 2.05) is 24.3 Å². The summed E-state index contributed by atoms with van der Waals surface area (Å²) < 4.78 is 24.9. The Morgan fingerprint density at radius 3 is 2.27 bits per heavy atom. The molecule has 1 N–H and O–H groups in total. The number of benzene rings is 2. The van der Waals surface area contributed by atoms with Crippen molar-refractivity contribution < 1.29 is 23.5 Å². The maximum absolute atomic E-state index is 14.0. The van der Waals surface area contributed by atoms with E-state index in [0.717, 1.165) is 22.3 Å². The average molecular weight is 455 g/mol. The summed E-state index contributed by atoms with van der Waals surface area (Å²) in [6, 6.07) is 16.3. The van der Waals surface area contributed by atoms with E-state index in [9.17, 15) is 14.0 Å². The Labute approximate surface area is 194 Å². The molecular formula is C26H31FN2O4. The summed E-state index contributed by atoms with van der Waals surface area (Å²) in [5.74, 6) is -0.0348. The molecule has 7 heteroatoms. The molecular weight excluding hydrogens is 423 g/mol. The first-order valence-electron chi connectivity index (χ1n) is 11.3. The van der Waals surface area contributed by atoms with Gasteiger partial charge in [0, 0.05) is 31.0 Å². The van der Waals surface area contributed by atoms with E-state index in [4.69, 9.17) is 9.47 Å². The number of fused-ring (bicyclic) bond motifs is 3. The number of likely N-dealkylation sites (tertiary alicyclic amines) is 1. The molecule has 0 radical (unpaired) electrons. The van der Waals surface area contributed by atoms with Gasteiger partial charge in [-0.1, -0.05) is 48.5 Å². The minimum absolute atomic E-state index is 0.0348. The van der Waals surface area contributed by atoms with E-state index in [1.165, 1.54) is 4.90 Å². The van der Waals surface area contributed by atoms with Crippen LogP contribution in [0.5, 0.6) is 0 Å². The van der Waals surface area contributed by atoms with Crippen molar-refractivity contribution in [3.63, 3.8) is 0 Å². The number of nitrogens with zero attached hydrogens (tertiary/aromatic N) is 1. The van der Waals surface area contributed by atoms with Crippen molar-refractivity contribution in [2.75, 3.05) is 32.9 Å². The van der Waals surface area contributed by atoms with Gasteiger partial charge in [0.25, 0.3) is 0 Å². The summed E-state index contributed by atoms with van der Waals surface area (Å²) >= 11 is 0. The maximum atomic E-state index is 14.0. The molecule has 1 aliphatic heterocycles. The molecule has 1 fully saturated rings. The van der Waals surface area contributed by atoms with E-state index in [1.54, 1.807) is 20.8 Å². The second-order valence-corrected chi connectivity index (χ2v) is 9.96. The number of halogens is 1. The lowest BCUT2D eigenvalue weighted by atomic mass is 9.89. The highest BCUT2D eigenvalue weighted by atomic mass is 19.1. The molecule has 6 nitrogen and oxygen atoms in total. The van der Waals surface area contributed by atoms with Gasteiger partial charge in [-0.3, -0.25) is 4.39 Å². The third-order valence-electron chi connectivity index (χ3n) is 6.32. The highest BCUT2D eigenvalue weighted by Crippen LogP contribution is 2.44. The van der Waals surface area contributed by atoms with Gasteiger partial charge in [-0.2, -0.15) is 0 Å². The SMILES string of the molecule is CC(C)(C)OC(=O)N1CCC(CF)(CNC(=O)OCC2c3ccccc3-c3ccccc32)C1. The number of nitrogens with one attached hydrogen (secondary N) is 1. The van der Waals surface area contributed by atoms with Gasteiger partial charge in [0.05, 0.1) is 6.67 Å². The highest BCUT2D eigenvalue weighted by Gasteiger charge is 2.42. The number of rotatable bonds is 5. The van der Waals surface area contributed by atoms with Crippen LogP contribution in [0.2, 0.25) is 0 Å². The average Bonchev–Trinajstić information content (AvgIpc) is 3.36. The largest absolute Gasteiger partial charge is 0.449 e. The van der Waals surface area contributed by atoms with Gasteiger partial charge < -0.3 is 19.7 Å². The first kappa shape index (κ1) is 23.1. The topological polar surface area (TPSA) is 67.9 Å². The van der Waals surface area contributed by atoms with E-state index >= 15 is 0 Å².